The van der Waals surface area contributed by atoms with Crippen molar-refractivity contribution < 1.29 is 29.0 Å². The third-order valence-corrected chi connectivity index (χ3v) is 3.05. The molecule has 0 aliphatic rings. The summed E-state index contributed by atoms with van der Waals surface area (Å²) >= 11 is 5.30. The Morgan fingerprint density at radius 2 is 1.13 bits per heavy atom. The van der Waals surface area contributed by atoms with Crippen molar-refractivity contribution in [2.24, 2.45) is 0 Å². The summed E-state index contributed by atoms with van der Waals surface area (Å²) in [6.07, 6.45) is 0. The molecule has 0 radical (unpaired) electrons. The van der Waals surface area contributed by atoms with Crippen LogP contribution in [0.25, 0.3) is 0 Å². The van der Waals surface area contributed by atoms with Crippen LogP contribution in [0.4, 0.5) is 11.4 Å². The zero-order chi connectivity index (χ0) is 15.8. The van der Waals surface area contributed by atoms with Gasteiger partial charge in [0.25, 0.3) is 0 Å². The molecule has 0 atom stereocenters. The quantitative estimate of drug-likeness (QED) is 0.577. The first-order chi connectivity index (χ1) is 10.7. The molecule has 0 aromatic heterocycles. The molecule has 0 bridgehead atoms. The Balaban J connectivity index is 0.00000264. The number of ether oxygens (including phenoxy) is 2. The second-order valence-electron chi connectivity index (χ2n) is 4.49. The van der Waals surface area contributed by atoms with Crippen LogP contribution in [-0.2, 0) is 19.5 Å². The summed E-state index contributed by atoms with van der Waals surface area (Å²) in [5.74, 6) is 1.69. The molecule has 0 heterocycles. The second kappa shape index (κ2) is 10.2. The van der Waals surface area contributed by atoms with Crippen LogP contribution in [-0.4, -0.2) is 18.3 Å². The molecule has 0 spiro atoms. The van der Waals surface area contributed by atoms with Gasteiger partial charge in [-0.1, -0.05) is 0 Å². The van der Waals surface area contributed by atoms with E-state index in [2.05, 4.69) is 10.6 Å². The molecule has 4 nitrogen and oxygen atoms in total. The van der Waals surface area contributed by atoms with Gasteiger partial charge in [0, 0.05) is 30.9 Å². The molecule has 0 unspecified atom stereocenters. The molecule has 0 saturated heterocycles. The third kappa shape index (κ3) is 6.55. The van der Waals surface area contributed by atoms with Gasteiger partial charge in [0.05, 0.1) is 13.2 Å². The van der Waals surface area contributed by atoms with Crippen LogP contribution in [0.2, 0.25) is 0 Å². The van der Waals surface area contributed by atoms with E-state index in [-0.39, 0.29) is 19.5 Å². The topological polar surface area (TPSA) is 42.5 Å². The summed E-state index contributed by atoms with van der Waals surface area (Å²) in [5.41, 5.74) is 1.82. The van der Waals surface area contributed by atoms with E-state index in [4.69, 9.17) is 21.7 Å². The van der Waals surface area contributed by atoms with Gasteiger partial charge < -0.3 is 20.1 Å². The summed E-state index contributed by atoms with van der Waals surface area (Å²) < 4.78 is 10.8. The summed E-state index contributed by atoms with van der Waals surface area (Å²) in [6, 6.07) is 15.3. The number of hydrogen-bond donors (Lipinski definition) is 2. The molecule has 2 aromatic rings. The van der Waals surface area contributed by atoms with Crippen LogP contribution in [0.3, 0.4) is 0 Å². The fraction of sp³-hybridized carbons (Fsp3) is 0.235. The first-order valence-corrected chi connectivity index (χ1v) is 7.65. The Bertz CT molecular complexity index is 549. The van der Waals surface area contributed by atoms with Gasteiger partial charge in [-0.3, -0.25) is 0 Å². The van der Waals surface area contributed by atoms with Crippen molar-refractivity contribution in [3.8, 4) is 11.5 Å². The van der Waals surface area contributed by atoms with Gasteiger partial charge in [-0.2, -0.15) is 0 Å². The van der Waals surface area contributed by atoms with Crippen LogP contribution in [0.5, 0.6) is 11.5 Å². The average Bonchev–Trinajstić information content (AvgIpc) is 2.52. The van der Waals surface area contributed by atoms with Crippen molar-refractivity contribution in [2.45, 2.75) is 13.8 Å². The zero-order valence-corrected chi connectivity index (χ0v) is 17.2. The monoisotopic (exact) mass is 380 g/mol. The molecular weight excluding hydrogens is 362 g/mol. The van der Waals surface area contributed by atoms with Crippen LogP contribution in [0, 0.1) is 0 Å². The predicted octanol–water partition coefficient (Wildman–Crippen LogP) is 4.29. The average molecular weight is 382 g/mol. The van der Waals surface area contributed by atoms with E-state index >= 15 is 0 Å². The standard InChI is InChI=1S/C17H20N2O2S.Zn/c1-3-20-15-9-5-13(6-10-15)18-17(22)19-14-7-11-16(12-8-14)21-4-2;/h5-12H,3-4H2,1-2H3,(H2,18,19,22);. The van der Waals surface area contributed by atoms with Gasteiger partial charge in [-0.25, -0.2) is 0 Å². The summed E-state index contributed by atoms with van der Waals surface area (Å²) in [4.78, 5) is 0. The molecule has 2 rings (SSSR count). The van der Waals surface area contributed by atoms with Crippen LogP contribution < -0.4 is 20.1 Å². The third-order valence-electron chi connectivity index (χ3n) is 2.85. The predicted molar refractivity (Wildman–Crippen MR) is 95.1 cm³/mol. The Morgan fingerprint density at radius 3 is 1.43 bits per heavy atom. The molecule has 2 N–H and O–H groups in total. The Kier molecular flexibility index (Phi) is 8.59. The van der Waals surface area contributed by atoms with Crippen molar-refractivity contribution in [1.82, 2.24) is 0 Å². The second-order valence-corrected chi connectivity index (χ2v) is 4.90. The maximum absolute atomic E-state index is 5.40. The molecule has 2 aromatic carbocycles. The Hall–Kier alpha value is -1.65. The van der Waals surface area contributed by atoms with Crippen molar-refractivity contribution in [3.05, 3.63) is 48.5 Å². The minimum atomic E-state index is 0. The molecule has 118 valence electrons. The normalized spacial score (nSPS) is 9.48. The van der Waals surface area contributed by atoms with E-state index in [0.717, 1.165) is 22.9 Å². The van der Waals surface area contributed by atoms with E-state index in [1.807, 2.05) is 62.4 Å². The molecule has 23 heavy (non-hydrogen) atoms. The van der Waals surface area contributed by atoms with Gasteiger partial charge in [-0.05, 0) is 74.6 Å². The largest absolute Gasteiger partial charge is 0.494 e. The number of benzene rings is 2. The van der Waals surface area contributed by atoms with Crippen LogP contribution in [0.1, 0.15) is 13.8 Å². The molecule has 0 aliphatic heterocycles. The fourth-order valence-electron chi connectivity index (χ4n) is 1.90. The first kappa shape index (κ1) is 19.4. The van der Waals surface area contributed by atoms with E-state index in [1.54, 1.807) is 0 Å². The number of rotatable bonds is 6. The summed E-state index contributed by atoms with van der Waals surface area (Å²) in [5, 5.41) is 6.80. The van der Waals surface area contributed by atoms with Crippen molar-refractivity contribution in [3.63, 3.8) is 0 Å². The SMILES string of the molecule is CCOc1ccc(NC(=S)Nc2ccc(OCC)cc2)cc1.[Zn]. The zero-order valence-electron chi connectivity index (χ0n) is 13.5. The van der Waals surface area contributed by atoms with Crippen LogP contribution >= 0.6 is 12.2 Å². The van der Waals surface area contributed by atoms with Gasteiger partial charge in [0.2, 0.25) is 0 Å². The minimum Gasteiger partial charge on any atom is -0.494 e. The Labute approximate surface area is 155 Å². The van der Waals surface area contributed by atoms with Gasteiger partial charge >= 0.3 is 0 Å². The van der Waals surface area contributed by atoms with Gasteiger partial charge in [-0.15, -0.1) is 0 Å². The van der Waals surface area contributed by atoms with Crippen molar-refractivity contribution >= 4 is 28.7 Å². The fourth-order valence-corrected chi connectivity index (χ4v) is 2.13. The summed E-state index contributed by atoms with van der Waals surface area (Å²) in [6.45, 7) is 5.24. The maximum atomic E-state index is 5.40. The number of hydrogen-bond acceptors (Lipinski definition) is 3. The molecule has 0 amide bonds. The number of thiocarbonyl (C=S) groups is 1. The number of nitrogens with one attached hydrogen (secondary N) is 2. The Morgan fingerprint density at radius 1 is 0.783 bits per heavy atom. The van der Waals surface area contributed by atoms with Crippen LogP contribution in [0.15, 0.2) is 48.5 Å². The van der Waals surface area contributed by atoms with E-state index < -0.39 is 0 Å². The first-order valence-electron chi connectivity index (χ1n) is 7.25. The summed E-state index contributed by atoms with van der Waals surface area (Å²) in [7, 11) is 0. The smallest absolute Gasteiger partial charge is 0.175 e. The van der Waals surface area contributed by atoms with Crippen molar-refractivity contribution in [2.75, 3.05) is 23.8 Å². The minimum absolute atomic E-state index is 0. The molecule has 0 fully saturated rings. The molecular formula is C17H20N2O2SZn. The molecule has 6 heteroatoms. The molecule has 0 saturated carbocycles. The number of anilines is 2. The van der Waals surface area contributed by atoms with E-state index in [0.29, 0.717) is 18.3 Å². The van der Waals surface area contributed by atoms with Gasteiger partial charge in [0.1, 0.15) is 11.5 Å². The van der Waals surface area contributed by atoms with Crippen molar-refractivity contribution in [1.29, 1.82) is 0 Å². The van der Waals surface area contributed by atoms with Gasteiger partial charge in [0.15, 0.2) is 5.11 Å². The molecule has 0 aliphatic carbocycles. The van der Waals surface area contributed by atoms with E-state index in [1.165, 1.54) is 0 Å². The maximum Gasteiger partial charge on any atom is 0.175 e. The van der Waals surface area contributed by atoms with E-state index in [9.17, 15) is 0 Å².